The molecule has 2 aliphatic rings. The van der Waals surface area contributed by atoms with Gasteiger partial charge in [-0.1, -0.05) is 0 Å². The molecule has 0 spiro atoms. The number of rotatable bonds is 3. The molecule has 2 aliphatic heterocycles. The molecule has 0 amide bonds. The quantitative estimate of drug-likeness (QED) is 0.730. The summed E-state index contributed by atoms with van der Waals surface area (Å²) in [6.45, 7) is 0.549. The minimum Gasteiger partial charge on any atom is -0.324 e. The van der Waals surface area contributed by atoms with Gasteiger partial charge in [0.1, 0.15) is 17.7 Å². The van der Waals surface area contributed by atoms with Crippen molar-refractivity contribution in [1.82, 2.24) is 18.7 Å². The second kappa shape index (κ2) is 5.92. The molecule has 0 aliphatic carbocycles. The van der Waals surface area contributed by atoms with Crippen LogP contribution in [0.1, 0.15) is 0 Å². The van der Waals surface area contributed by atoms with E-state index in [1.54, 1.807) is 17.9 Å². The Morgan fingerprint density at radius 3 is 2.84 bits per heavy atom. The zero-order valence-electron chi connectivity index (χ0n) is 13.5. The normalized spacial score (nSPS) is 18.6. The number of nitrogens with zero attached hydrogens (tertiary/aromatic N) is 8. The zero-order valence-corrected chi connectivity index (χ0v) is 14.3. The van der Waals surface area contributed by atoms with Gasteiger partial charge in [0.2, 0.25) is 0 Å². The van der Waals surface area contributed by atoms with Crippen LogP contribution in [-0.4, -0.2) is 54.0 Å². The fraction of sp³-hybridized carbons (Fsp3) is 0.357. The summed E-state index contributed by atoms with van der Waals surface area (Å²) in [5.41, 5.74) is 0.0602. The first kappa shape index (κ1) is 15.7. The Labute approximate surface area is 145 Å². The predicted molar refractivity (Wildman–Crippen MR) is 98.3 cm³/mol. The van der Waals surface area contributed by atoms with Crippen molar-refractivity contribution in [2.24, 2.45) is 34.1 Å². The van der Waals surface area contributed by atoms with Crippen molar-refractivity contribution in [3.63, 3.8) is 0 Å². The smallest absolute Gasteiger partial charge is 0.324 e. The van der Waals surface area contributed by atoms with E-state index in [1.807, 2.05) is 0 Å². The van der Waals surface area contributed by atoms with Gasteiger partial charge in [-0.05, 0) is 0 Å². The van der Waals surface area contributed by atoms with Crippen molar-refractivity contribution < 1.29 is 0 Å². The lowest BCUT2D eigenvalue weighted by molar-refractivity contribution is 0.700. The molecule has 0 bridgehead atoms. The maximum atomic E-state index is 12.4. The van der Waals surface area contributed by atoms with E-state index < -0.39 is 0 Å². The SMILES string of the molecule is Cn1c(=O)c2c(ncn2CCSC2=NC=NC3=NC=NC32)n(C)c1=O. The molecule has 1 unspecified atom stereocenters. The van der Waals surface area contributed by atoms with Gasteiger partial charge in [-0.25, -0.2) is 24.8 Å². The number of thioether (sulfide) groups is 1. The highest BCUT2D eigenvalue weighted by Gasteiger charge is 2.26. The third kappa shape index (κ3) is 2.47. The highest BCUT2D eigenvalue weighted by molar-refractivity contribution is 8.14. The molecule has 0 saturated carbocycles. The lowest BCUT2D eigenvalue weighted by atomic mass is 10.3. The molecule has 0 saturated heterocycles. The molecule has 4 heterocycles. The van der Waals surface area contributed by atoms with Crippen LogP contribution in [0.5, 0.6) is 0 Å². The zero-order chi connectivity index (χ0) is 17.6. The summed E-state index contributed by atoms with van der Waals surface area (Å²) in [4.78, 5) is 45.3. The van der Waals surface area contributed by atoms with Gasteiger partial charge in [0, 0.05) is 26.4 Å². The fourth-order valence-electron chi connectivity index (χ4n) is 2.72. The second-order valence-corrected chi connectivity index (χ2v) is 6.65. The minimum atomic E-state index is -0.390. The number of aliphatic imine (C=N–C) groups is 4. The maximum Gasteiger partial charge on any atom is 0.332 e. The number of hydrogen-bond acceptors (Lipinski definition) is 8. The van der Waals surface area contributed by atoms with Crippen molar-refractivity contribution >= 4 is 46.5 Å². The Balaban J connectivity index is 1.57. The molecule has 128 valence electrons. The van der Waals surface area contributed by atoms with Crippen molar-refractivity contribution in [2.45, 2.75) is 12.6 Å². The molecule has 10 nitrogen and oxygen atoms in total. The molecular formula is C14H14N8O2S. The van der Waals surface area contributed by atoms with E-state index in [1.165, 1.54) is 36.1 Å². The highest BCUT2D eigenvalue weighted by Crippen LogP contribution is 2.18. The summed E-state index contributed by atoms with van der Waals surface area (Å²) in [5, 5.41) is 0.826. The van der Waals surface area contributed by atoms with E-state index in [0.717, 1.165) is 9.61 Å². The summed E-state index contributed by atoms with van der Waals surface area (Å²) in [5.74, 6) is 1.32. The van der Waals surface area contributed by atoms with Gasteiger partial charge in [-0.15, -0.1) is 11.8 Å². The third-order valence-electron chi connectivity index (χ3n) is 4.06. The average Bonchev–Trinajstić information content (AvgIpc) is 3.25. The third-order valence-corrected chi connectivity index (χ3v) is 5.07. The molecule has 2 aromatic heterocycles. The summed E-state index contributed by atoms with van der Waals surface area (Å²) in [6.07, 6.45) is 4.55. The van der Waals surface area contributed by atoms with E-state index in [4.69, 9.17) is 0 Å². The van der Waals surface area contributed by atoms with E-state index in [9.17, 15) is 9.59 Å². The first-order valence-corrected chi connectivity index (χ1v) is 8.49. The molecule has 25 heavy (non-hydrogen) atoms. The molecule has 0 aromatic carbocycles. The van der Waals surface area contributed by atoms with Crippen molar-refractivity contribution in [3.05, 3.63) is 27.2 Å². The Kier molecular flexibility index (Phi) is 3.71. The first-order valence-electron chi connectivity index (χ1n) is 7.51. The monoisotopic (exact) mass is 358 g/mol. The summed E-state index contributed by atoms with van der Waals surface area (Å²) in [6, 6.07) is -0.219. The van der Waals surface area contributed by atoms with Crippen LogP contribution in [0.2, 0.25) is 0 Å². The van der Waals surface area contributed by atoms with Crippen LogP contribution < -0.4 is 11.2 Å². The lowest BCUT2D eigenvalue weighted by Gasteiger charge is -2.13. The molecule has 0 radical (unpaired) electrons. The largest absolute Gasteiger partial charge is 0.332 e. The molecule has 4 rings (SSSR count). The molecule has 1 atom stereocenters. The minimum absolute atomic E-state index is 0.219. The first-order chi connectivity index (χ1) is 12.1. The molecule has 0 fully saturated rings. The van der Waals surface area contributed by atoms with Gasteiger partial charge < -0.3 is 4.57 Å². The maximum absolute atomic E-state index is 12.4. The number of hydrogen-bond donors (Lipinski definition) is 0. The topological polar surface area (TPSA) is 111 Å². The number of aromatic nitrogens is 4. The number of amidine groups is 1. The van der Waals surface area contributed by atoms with Crippen molar-refractivity contribution in [2.75, 3.05) is 5.75 Å². The Hall–Kier alpha value is -2.82. The highest BCUT2D eigenvalue weighted by atomic mass is 32.2. The van der Waals surface area contributed by atoms with Gasteiger partial charge >= 0.3 is 5.69 Å². The van der Waals surface area contributed by atoms with Gasteiger partial charge in [0.05, 0.1) is 6.33 Å². The van der Waals surface area contributed by atoms with Crippen LogP contribution in [0.3, 0.4) is 0 Å². The number of imidazole rings is 1. The summed E-state index contributed by atoms with van der Waals surface area (Å²) < 4.78 is 4.22. The van der Waals surface area contributed by atoms with Gasteiger partial charge in [-0.2, -0.15) is 0 Å². The van der Waals surface area contributed by atoms with E-state index in [0.29, 0.717) is 29.3 Å². The van der Waals surface area contributed by atoms with Crippen LogP contribution in [0.15, 0.2) is 35.9 Å². The number of aryl methyl sites for hydroxylation is 2. The molecule has 2 aromatic rings. The predicted octanol–water partition coefficient (Wildman–Crippen LogP) is -0.584. The van der Waals surface area contributed by atoms with Gasteiger partial charge in [0.25, 0.3) is 5.56 Å². The van der Waals surface area contributed by atoms with Gasteiger partial charge in [-0.3, -0.25) is 18.9 Å². The number of fused-ring (bicyclic) bond motifs is 2. The summed E-state index contributed by atoms with van der Waals surface area (Å²) in [7, 11) is 3.07. The molecule has 11 heteroatoms. The van der Waals surface area contributed by atoms with Crippen molar-refractivity contribution in [1.29, 1.82) is 0 Å². The average molecular weight is 358 g/mol. The molecule has 0 N–H and O–H groups in total. The van der Waals surface area contributed by atoms with Gasteiger partial charge in [0.15, 0.2) is 23.0 Å². The van der Waals surface area contributed by atoms with E-state index in [-0.39, 0.29) is 17.3 Å². The molecular weight excluding hydrogens is 344 g/mol. The van der Waals surface area contributed by atoms with Crippen LogP contribution in [0.4, 0.5) is 0 Å². The van der Waals surface area contributed by atoms with Crippen LogP contribution in [-0.2, 0) is 20.6 Å². The Bertz CT molecular complexity index is 1100. The Morgan fingerprint density at radius 1 is 1.16 bits per heavy atom. The van der Waals surface area contributed by atoms with Crippen molar-refractivity contribution in [3.8, 4) is 0 Å². The fourth-order valence-corrected chi connectivity index (χ4v) is 3.66. The standard InChI is InChI=1S/C14H14N8O2S/c1-20-11-9(13(23)21(2)14(20)24)22(7-19-11)3-4-25-12-8-10(16-5-15-8)17-6-18-12/h5-8H,3-4H2,1-2H3. The van der Waals surface area contributed by atoms with Crippen LogP contribution >= 0.6 is 11.8 Å². The summed E-state index contributed by atoms with van der Waals surface area (Å²) >= 11 is 1.54. The lowest BCUT2D eigenvalue weighted by Crippen LogP contribution is -2.37. The second-order valence-electron chi connectivity index (χ2n) is 5.53. The van der Waals surface area contributed by atoms with Crippen LogP contribution in [0.25, 0.3) is 11.2 Å². The van der Waals surface area contributed by atoms with E-state index >= 15 is 0 Å². The Morgan fingerprint density at radius 2 is 2.00 bits per heavy atom. The van der Waals surface area contributed by atoms with E-state index in [2.05, 4.69) is 25.0 Å². The van der Waals surface area contributed by atoms with Crippen LogP contribution in [0, 0.1) is 0 Å².